The fourth-order valence-electron chi connectivity index (χ4n) is 4.59. The number of pyridine rings is 1. The number of benzene rings is 3. The van der Waals surface area contributed by atoms with Crippen molar-refractivity contribution in [1.82, 2.24) is 0 Å². The lowest BCUT2D eigenvalue weighted by atomic mass is 9.85. The summed E-state index contributed by atoms with van der Waals surface area (Å²) in [5, 5.41) is 14.1. The zero-order valence-electron chi connectivity index (χ0n) is 16.5. The largest absolute Gasteiger partial charge is 0.455 e. The van der Waals surface area contributed by atoms with E-state index >= 15 is 0 Å². The van der Waals surface area contributed by atoms with Gasteiger partial charge in [0, 0.05) is 11.6 Å². The molecule has 0 saturated carbocycles. The van der Waals surface area contributed by atoms with Crippen molar-refractivity contribution < 1.29 is 9.30 Å². The Kier molecular flexibility index (Phi) is 3.48. The van der Waals surface area contributed by atoms with Gasteiger partial charge < -0.3 is 4.74 Å². The van der Waals surface area contributed by atoms with Gasteiger partial charge in [0.25, 0.3) is 0 Å². The lowest BCUT2D eigenvalue weighted by molar-refractivity contribution is -0.659. The Morgan fingerprint density at radius 2 is 1.82 bits per heavy atom. The molecule has 0 N–H and O–H groups in total. The third-order valence-electron chi connectivity index (χ3n) is 5.82. The number of rotatable bonds is 1. The number of aromatic nitrogens is 1. The van der Waals surface area contributed by atoms with E-state index in [4.69, 9.17) is 4.74 Å². The highest BCUT2D eigenvalue weighted by Crippen LogP contribution is 2.52. The molecular formula is C25H21N2O+. The second-order valence-electron chi connectivity index (χ2n) is 7.87. The summed E-state index contributed by atoms with van der Waals surface area (Å²) in [7, 11) is 2.08. The quantitative estimate of drug-likeness (QED) is 0.347. The highest BCUT2D eigenvalue weighted by Gasteiger charge is 2.33. The van der Waals surface area contributed by atoms with Gasteiger partial charge in [0.2, 0.25) is 5.69 Å². The average Bonchev–Trinajstić information content (AvgIpc) is 2.69. The lowest BCUT2D eigenvalue weighted by Gasteiger charge is -2.26. The fourth-order valence-corrected chi connectivity index (χ4v) is 4.59. The maximum atomic E-state index is 9.47. The first-order valence-corrected chi connectivity index (χ1v) is 9.61. The van der Waals surface area contributed by atoms with Gasteiger partial charge in [-0.15, -0.1) is 0 Å². The van der Waals surface area contributed by atoms with Crippen LogP contribution >= 0.6 is 0 Å². The molecule has 0 fully saturated rings. The van der Waals surface area contributed by atoms with Crippen molar-refractivity contribution in [2.75, 3.05) is 0 Å². The standard InChI is InChI=1S/C25H21N2O/c1-14(2)21-19-8-6-5-7-18(19)15(3)22-24-23-17(9-10-27(24)4)11-16(13-26)12-20(23)28-25(21)22/h5-12,14H,1-4H3/q+1. The van der Waals surface area contributed by atoms with Crippen LogP contribution in [0.25, 0.3) is 32.8 Å². The van der Waals surface area contributed by atoms with Crippen molar-refractivity contribution in [1.29, 1.82) is 5.26 Å². The van der Waals surface area contributed by atoms with Crippen LogP contribution in [-0.4, -0.2) is 0 Å². The Labute approximate surface area is 164 Å². The molecule has 1 aliphatic rings. The number of aryl methyl sites for hydroxylation is 2. The van der Waals surface area contributed by atoms with Crippen molar-refractivity contribution in [3.8, 4) is 28.8 Å². The van der Waals surface area contributed by atoms with Gasteiger partial charge in [0.1, 0.15) is 18.5 Å². The molecule has 136 valence electrons. The SMILES string of the molecule is Cc1c2c(c(C(C)C)c3ccccc13)Oc1cc(C#N)cc3cc[n+](C)c-2c13. The van der Waals surface area contributed by atoms with E-state index in [-0.39, 0.29) is 0 Å². The summed E-state index contributed by atoms with van der Waals surface area (Å²) in [5.41, 5.74) is 5.39. The van der Waals surface area contributed by atoms with Gasteiger partial charge in [0.05, 0.1) is 22.6 Å². The maximum Gasteiger partial charge on any atom is 0.228 e. The summed E-state index contributed by atoms with van der Waals surface area (Å²) < 4.78 is 8.74. The Morgan fingerprint density at radius 1 is 1.07 bits per heavy atom. The third kappa shape index (κ3) is 2.12. The molecule has 5 rings (SSSR count). The Morgan fingerprint density at radius 3 is 2.54 bits per heavy atom. The van der Waals surface area contributed by atoms with Gasteiger partial charge in [0.15, 0.2) is 6.20 Å². The molecule has 3 heteroatoms. The first-order valence-electron chi connectivity index (χ1n) is 9.61. The molecule has 1 aliphatic heterocycles. The number of nitrogens with zero attached hydrogens (tertiary/aromatic N) is 2. The van der Waals surface area contributed by atoms with Crippen LogP contribution < -0.4 is 9.30 Å². The monoisotopic (exact) mass is 365 g/mol. The highest BCUT2D eigenvalue weighted by atomic mass is 16.5. The molecule has 0 atom stereocenters. The molecule has 2 heterocycles. The van der Waals surface area contributed by atoms with E-state index in [2.05, 4.69) is 75.0 Å². The van der Waals surface area contributed by atoms with Gasteiger partial charge in [-0.1, -0.05) is 38.1 Å². The second-order valence-corrected chi connectivity index (χ2v) is 7.87. The lowest BCUT2D eigenvalue weighted by Crippen LogP contribution is -2.32. The van der Waals surface area contributed by atoms with E-state index in [0.717, 1.165) is 33.5 Å². The first-order chi connectivity index (χ1) is 13.5. The van der Waals surface area contributed by atoms with Crippen molar-refractivity contribution >= 4 is 21.5 Å². The molecule has 0 bridgehead atoms. The van der Waals surface area contributed by atoms with Gasteiger partial charge in [-0.25, -0.2) is 4.57 Å². The third-order valence-corrected chi connectivity index (χ3v) is 5.82. The summed E-state index contributed by atoms with van der Waals surface area (Å²) in [5.74, 6) is 2.01. The molecule has 0 spiro atoms. The van der Waals surface area contributed by atoms with Crippen LogP contribution in [0.5, 0.6) is 11.5 Å². The molecule has 0 aliphatic carbocycles. The number of hydrogen-bond acceptors (Lipinski definition) is 2. The minimum Gasteiger partial charge on any atom is -0.455 e. The summed E-state index contributed by atoms with van der Waals surface area (Å²) in [6.45, 7) is 6.60. The van der Waals surface area contributed by atoms with Gasteiger partial charge in [-0.05, 0) is 46.7 Å². The van der Waals surface area contributed by atoms with Crippen molar-refractivity contribution in [2.24, 2.45) is 7.05 Å². The fraction of sp³-hybridized carbons (Fsp3) is 0.200. The van der Waals surface area contributed by atoms with Crippen molar-refractivity contribution in [3.05, 3.63) is 65.4 Å². The van der Waals surface area contributed by atoms with E-state index in [9.17, 15) is 5.26 Å². The predicted octanol–water partition coefficient (Wildman–Crippen LogP) is 5.89. The molecule has 1 aromatic heterocycles. The normalized spacial score (nSPS) is 12.1. The number of nitriles is 1. The molecule has 0 saturated heterocycles. The zero-order chi connectivity index (χ0) is 19.6. The molecule has 4 aromatic rings. The van der Waals surface area contributed by atoms with E-state index in [1.165, 1.54) is 21.9 Å². The van der Waals surface area contributed by atoms with Gasteiger partial charge in [-0.2, -0.15) is 5.26 Å². The van der Waals surface area contributed by atoms with Gasteiger partial charge >= 0.3 is 0 Å². The molecule has 3 nitrogen and oxygen atoms in total. The van der Waals surface area contributed by atoms with Crippen molar-refractivity contribution in [3.63, 3.8) is 0 Å². The van der Waals surface area contributed by atoms with E-state index in [1.807, 2.05) is 12.1 Å². The molecule has 0 unspecified atom stereocenters. The summed E-state index contributed by atoms with van der Waals surface area (Å²) in [6.07, 6.45) is 2.07. The van der Waals surface area contributed by atoms with Crippen LogP contribution in [0.3, 0.4) is 0 Å². The highest BCUT2D eigenvalue weighted by molar-refractivity contribution is 6.07. The topological polar surface area (TPSA) is 36.9 Å². The Bertz CT molecular complexity index is 1340. The van der Waals surface area contributed by atoms with Crippen LogP contribution in [-0.2, 0) is 7.05 Å². The summed E-state index contributed by atoms with van der Waals surface area (Å²) in [6, 6.07) is 16.7. The van der Waals surface area contributed by atoms with E-state index < -0.39 is 0 Å². The van der Waals surface area contributed by atoms with Crippen LogP contribution in [0.2, 0.25) is 0 Å². The molecule has 28 heavy (non-hydrogen) atoms. The molecule has 0 radical (unpaired) electrons. The maximum absolute atomic E-state index is 9.47. The number of ether oxygens (including phenoxy) is 1. The zero-order valence-corrected chi connectivity index (χ0v) is 16.5. The Hall–Kier alpha value is -3.38. The van der Waals surface area contributed by atoms with Crippen LogP contribution in [0.15, 0.2) is 48.7 Å². The van der Waals surface area contributed by atoms with Crippen LogP contribution in [0, 0.1) is 18.3 Å². The molecule has 3 aromatic carbocycles. The molecular weight excluding hydrogens is 344 g/mol. The van der Waals surface area contributed by atoms with Gasteiger partial charge in [-0.3, -0.25) is 0 Å². The number of hydrogen-bond donors (Lipinski definition) is 0. The molecule has 0 amide bonds. The predicted molar refractivity (Wildman–Crippen MR) is 112 cm³/mol. The minimum absolute atomic E-state index is 0.310. The van der Waals surface area contributed by atoms with Crippen LogP contribution in [0.4, 0.5) is 0 Å². The first kappa shape index (κ1) is 16.8. The van der Waals surface area contributed by atoms with Crippen molar-refractivity contribution in [2.45, 2.75) is 26.7 Å². The van der Waals surface area contributed by atoms with Crippen LogP contribution in [0.1, 0.15) is 36.5 Å². The second kappa shape index (κ2) is 5.81. The smallest absolute Gasteiger partial charge is 0.228 e. The minimum atomic E-state index is 0.310. The number of fused-ring (bicyclic) bond motifs is 3. The summed E-state index contributed by atoms with van der Waals surface area (Å²) >= 11 is 0. The summed E-state index contributed by atoms with van der Waals surface area (Å²) in [4.78, 5) is 0. The van der Waals surface area contributed by atoms with E-state index in [1.54, 1.807) is 0 Å². The average molecular weight is 365 g/mol. The van der Waals surface area contributed by atoms with E-state index in [0.29, 0.717) is 11.5 Å². The Balaban J connectivity index is 2.04.